The lowest BCUT2D eigenvalue weighted by atomic mass is 9.79. The Morgan fingerprint density at radius 1 is 0.875 bits per heavy atom. The first kappa shape index (κ1) is 15.5. The molecule has 2 aromatic heterocycles. The highest BCUT2D eigenvalue weighted by Crippen LogP contribution is 2.50. The van der Waals surface area contributed by atoms with Crippen molar-refractivity contribution in [1.29, 1.82) is 0 Å². The molecule has 0 spiro atoms. The molecule has 2 atom stereocenters. The van der Waals surface area contributed by atoms with Crippen LogP contribution in [0.4, 0.5) is 0 Å². The van der Waals surface area contributed by atoms with E-state index < -0.39 is 0 Å². The highest BCUT2D eigenvalue weighted by Gasteiger charge is 2.45. The number of aryl methyl sites for hydroxylation is 2. The zero-order valence-electron chi connectivity index (χ0n) is 14.4. The number of carbonyl (C=O) groups is 1. The number of rotatable bonds is 6. The van der Waals surface area contributed by atoms with Crippen molar-refractivity contribution in [3.05, 3.63) is 59.2 Å². The van der Waals surface area contributed by atoms with Gasteiger partial charge in [0.15, 0.2) is 0 Å². The van der Waals surface area contributed by atoms with E-state index in [9.17, 15) is 4.79 Å². The van der Waals surface area contributed by atoms with Crippen LogP contribution in [0.15, 0.2) is 36.7 Å². The number of hydrogen-bond donors (Lipinski definition) is 0. The number of Topliss-reactive ketones (excluding diaryl/α,β-unsaturated/α-hetero) is 1. The monoisotopic (exact) mass is 320 g/mol. The number of ketones is 1. The minimum atomic E-state index is 0.0331. The normalized spacial score (nSPS) is 19.8. The van der Waals surface area contributed by atoms with Crippen molar-refractivity contribution in [2.75, 3.05) is 0 Å². The van der Waals surface area contributed by atoms with Gasteiger partial charge >= 0.3 is 0 Å². The molecule has 2 aliphatic rings. The van der Waals surface area contributed by atoms with Crippen molar-refractivity contribution in [1.82, 2.24) is 9.97 Å². The molecule has 3 heteroatoms. The first-order chi connectivity index (χ1) is 11.6. The summed E-state index contributed by atoms with van der Waals surface area (Å²) in [5.74, 6) is 1.51. The van der Waals surface area contributed by atoms with Gasteiger partial charge in [-0.1, -0.05) is 0 Å². The molecule has 4 rings (SSSR count). The molecule has 0 amide bonds. The Labute approximate surface area is 143 Å². The van der Waals surface area contributed by atoms with Gasteiger partial charge in [-0.3, -0.25) is 14.8 Å². The van der Waals surface area contributed by atoms with Crippen LogP contribution in [0, 0.1) is 25.7 Å². The van der Waals surface area contributed by atoms with E-state index in [-0.39, 0.29) is 11.8 Å². The second-order valence-corrected chi connectivity index (χ2v) is 7.49. The summed E-state index contributed by atoms with van der Waals surface area (Å²) < 4.78 is 0. The van der Waals surface area contributed by atoms with Crippen molar-refractivity contribution in [2.24, 2.45) is 11.8 Å². The maximum Gasteiger partial charge on any atom is 0.148 e. The van der Waals surface area contributed by atoms with Crippen LogP contribution in [0.5, 0.6) is 0 Å². The standard InChI is InChI=1S/C21H24N2O/c1-13-11-17(7-9-22-13)19(15-3-4-15)21(24)20(16-5-6-16)18-8-10-23-14(2)12-18/h7-12,15-16,19-20H,3-6H2,1-2H3. The Morgan fingerprint density at radius 2 is 1.29 bits per heavy atom. The third-order valence-corrected chi connectivity index (χ3v) is 5.36. The molecular weight excluding hydrogens is 296 g/mol. The quantitative estimate of drug-likeness (QED) is 0.794. The van der Waals surface area contributed by atoms with Gasteiger partial charge < -0.3 is 0 Å². The van der Waals surface area contributed by atoms with Crippen LogP contribution in [0.1, 0.15) is 60.0 Å². The van der Waals surface area contributed by atoms with Gasteiger partial charge in [0.1, 0.15) is 5.78 Å². The van der Waals surface area contributed by atoms with Crippen molar-refractivity contribution >= 4 is 5.78 Å². The van der Waals surface area contributed by atoms with Crippen molar-refractivity contribution in [3.8, 4) is 0 Å². The van der Waals surface area contributed by atoms with Gasteiger partial charge in [0.25, 0.3) is 0 Å². The fourth-order valence-electron chi connectivity index (χ4n) is 3.91. The van der Waals surface area contributed by atoms with Crippen LogP contribution in [0.25, 0.3) is 0 Å². The Morgan fingerprint density at radius 3 is 1.62 bits per heavy atom. The van der Waals surface area contributed by atoms with Gasteiger partial charge in [-0.2, -0.15) is 0 Å². The van der Waals surface area contributed by atoms with Gasteiger partial charge in [0, 0.05) is 35.6 Å². The van der Waals surface area contributed by atoms with Gasteiger partial charge in [-0.15, -0.1) is 0 Å². The Bertz CT molecular complexity index is 698. The van der Waals surface area contributed by atoms with E-state index in [2.05, 4.69) is 22.1 Å². The summed E-state index contributed by atoms with van der Waals surface area (Å²) in [6.07, 6.45) is 8.37. The van der Waals surface area contributed by atoms with Gasteiger partial charge in [0.05, 0.1) is 0 Å². The highest BCUT2D eigenvalue weighted by molar-refractivity contribution is 5.93. The molecule has 2 saturated carbocycles. The summed E-state index contributed by atoms with van der Waals surface area (Å²) in [4.78, 5) is 22.2. The maximum absolute atomic E-state index is 13.6. The average molecular weight is 320 g/mol. The SMILES string of the molecule is Cc1cc(C(C(=O)C(c2ccnc(C)c2)C2CC2)C2CC2)ccn1. The highest BCUT2D eigenvalue weighted by atomic mass is 16.1. The lowest BCUT2D eigenvalue weighted by molar-refractivity contribution is -0.122. The van der Waals surface area contributed by atoms with Crippen molar-refractivity contribution in [3.63, 3.8) is 0 Å². The predicted molar refractivity (Wildman–Crippen MR) is 93.9 cm³/mol. The van der Waals surface area contributed by atoms with Crippen LogP contribution in [0.2, 0.25) is 0 Å². The number of aromatic nitrogens is 2. The van der Waals surface area contributed by atoms with Crippen LogP contribution < -0.4 is 0 Å². The molecule has 2 heterocycles. The maximum atomic E-state index is 13.6. The number of hydrogen-bond acceptors (Lipinski definition) is 3. The fourth-order valence-corrected chi connectivity index (χ4v) is 3.91. The van der Waals surface area contributed by atoms with Crippen molar-refractivity contribution in [2.45, 2.75) is 51.4 Å². The molecule has 2 fully saturated rings. The van der Waals surface area contributed by atoms with E-state index in [1.807, 2.05) is 38.4 Å². The lowest BCUT2D eigenvalue weighted by Crippen LogP contribution is -2.24. The average Bonchev–Trinajstić information content (AvgIpc) is 3.42. The molecule has 0 bridgehead atoms. The third-order valence-electron chi connectivity index (χ3n) is 5.36. The molecule has 0 saturated heterocycles. The van der Waals surface area contributed by atoms with Gasteiger partial charge in [-0.25, -0.2) is 0 Å². The molecule has 2 aliphatic carbocycles. The Hall–Kier alpha value is -2.03. The largest absolute Gasteiger partial charge is 0.298 e. The molecule has 24 heavy (non-hydrogen) atoms. The fraction of sp³-hybridized carbons (Fsp3) is 0.476. The molecule has 3 nitrogen and oxygen atoms in total. The van der Waals surface area contributed by atoms with Crippen LogP contribution in [0.3, 0.4) is 0 Å². The Kier molecular flexibility index (Phi) is 3.95. The molecular formula is C21H24N2O. The van der Waals surface area contributed by atoms with E-state index in [1.54, 1.807) is 0 Å². The van der Waals surface area contributed by atoms with Crippen LogP contribution in [-0.2, 0) is 4.79 Å². The summed E-state index contributed by atoms with van der Waals surface area (Å²) in [6, 6.07) is 8.27. The second-order valence-electron chi connectivity index (χ2n) is 7.49. The molecule has 0 radical (unpaired) electrons. The third kappa shape index (κ3) is 3.12. The minimum Gasteiger partial charge on any atom is -0.298 e. The first-order valence-corrected chi connectivity index (χ1v) is 9.02. The smallest absolute Gasteiger partial charge is 0.148 e. The molecule has 0 aliphatic heterocycles. The lowest BCUT2D eigenvalue weighted by Gasteiger charge is -2.23. The summed E-state index contributed by atoms with van der Waals surface area (Å²) in [5, 5.41) is 0. The van der Waals surface area contributed by atoms with Gasteiger partial charge in [0.2, 0.25) is 0 Å². The Balaban J connectivity index is 1.70. The minimum absolute atomic E-state index is 0.0331. The predicted octanol–water partition coefficient (Wildman–Crippen LogP) is 4.35. The number of nitrogens with zero attached hydrogens (tertiary/aromatic N) is 2. The van der Waals surface area contributed by atoms with Gasteiger partial charge in [-0.05, 0) is 86.8 Å². The topological polar surface area (TPSA) is 42.9 Å². The molecule has 124 valence electrons. The molecule has 2 aromatic rings. The first-order valence-electron chi connectivity index (χ1n) is 9.02. The van der Waals surface area contributed by atoms with E-state index in [4.69, 9.17) is 0 Å². The summed E-state index contributed by atoms with van der Waals surface area (Å²) in [5.41, 5.74) is 4.31. The number of carbonyl (C=O) groups excluding carboxylic acids is 1. The summed E-state index contributed by atoms with van der Waals surface area (Å²) >= 11 is 0. The summed E-state index contributed by atoms with van der Waals surface area (Å²) in [6.45, 7) is 4.01. The van der Waals surface area contributed by atoms with E-state index in [1.165, 1.54) is 25.7 Å². The van der Waals surface area contributed by atoms with Crippen molar-refractivity contribution < 1.29 is 4.79 Å². The number of pyridine rings is 2. The second kappa shape index (κ2) is 6.12. The molecule has 2 unspecified atom stereocenters. The van der Waals surface area contributed by atoms with Crippen LogP contribution in [-0.4, -0.2) is 15.8 Å². The molecule has 0 N–H and O–H groups in total. The van der Waals surface area contributed by atoms with E-state index >= 15 is 0 Å². The van der Waals surface area contributed by atoms with Crippen LogP contribution >= 0.6 is 0 Å². The molecule has 0 aromatic carbocycles. The van der Waals surface area contributed by atoms with E-state index in [0.717, 1.165) is 22.5 Å². The zero-order chi connectivity index (χ0) is 16.7. The summed E-state index contributed by atoms with van der Waals surface area (Å²) in [7, 11) is 0. The zero-order valence-corrected chi connectivity index (χ0v) is 14.4. The van der Waals surface area contributed by atoms with E-state index in [0.29, 0.717) is 17.6 Å².